The number of hydrogen-bond acceptors (Lipinski definition) is 9. The lowest BCUT2D eigenvalue weighted by molar-refractivity contribution is -0.133. The van der Waals surface area contributed by atoms with E-state index < -0.39 is 0 Å². The standard InChI is InChI=1S/C14H18O3.C10H10O2.C9H12O2.C8H10O2/c1-3-14(8-16-9-14)10-17-13-6-4-12(5-7-13)11(2)15;1-7(11)9-3-5-10(6-4-9)8(2)12;1-7-6-8(10-2)4-5-9(7)11-3;1-9-7-5-3-4-6-8(7)10-2/h4-7H,3,8-10H2,1-2H3;3-6H,1-2H3;4-6H,1-3H3;3-6H,1-2H3. The predicted octanol–water partition coefficient (Wildman–Crippen LogP) is 8.50. The highest BCUT2D eigenvalue weighted by molar-refractivity contribution is 5.97. The van der Waals surface area contributed by atoms with Crippen molar-refractivity contribution in [2.24, 2.45) is 5.41 Å². The zero-order valence-electron chi connectivity index (χ0n) is 30.7. The number of rotatable bonds is 11. The molecule has 1 fully saturated rings. The first-order valence-corrected chi connectivity index (χ1v) is 16.2. The minimum atomic E-state index is 0.0186. The lowest BCUT2D eigenvalue weighted by Crippen LogP contribution is -2.46. The minimum absolute atomic E-state index is 0.0186. The van der Waals surface area contributed by atoms with Crippen molar-refractivity contribution < 1.29 is 42.8 Å². The van der Waals surface area contributed by atoms with E-state index >= 15 is 0 Å². The Morgan fingerprint density at radius 2 is 1.02 bits per heavy atom. The number of para-hydroxylation sites is 2. The van der Waals surface area contributed by atoms with Gasteiger partial charge < -0.3 is 28.4 Å². The van der Waals surface area contributed by atoms with Crippen molar-refractivity contribution in [3.63, 3.8) is 0 Å². The Balaban J connectivity index is 0.000000237. The molecule has 9 heteroatoms. The summed E-state index contributed by atoms with van der Waals surface area (Å²) < 4.78 is 31.1. The van der Waals surface area contributed by atoms with Crippen LogP contribution in [0.5, 0.6) is 28.7 Å². The van der Waals surface area contributed by atoms with Crippen LogP contribution in [0.3, 0.4) is 0 Å². The summed E-state index contributed by atoms with van der Waals surface area (Å²) >= 11 is 0. The van der Waals surface area contributed by atoms with E-state index in [9.17, 15) is 14.4 Å². The molecule has 1 heterocycles. The van der Waals surface area contributed by atoms with Gasteiger partial charge in [-0.05, 0) is 94.3 Å². The smallest absolute Gasteiger partial charge is 0.160 e. The first-order valence-electron chi connectivity index (χ1n) is 16.2. The predicted molar refractivity (Wildman–Crippen MR) is 196 cm³/mol. The molecular weight excluding hydrogens is 636 g/mol. The van der Waals surface area contributed by atoms with Crippen LogP contribution in [-0.2, 0) is 4.74 Å². The van der Waals surface area contributed by atoms with Crippen molar-refractivity contribution in [3.8, 4) is 28.7 Å². The molecule has 1 aliphatic heterocycles. The summed E-state index contributed by atoms with van der Waals surface area (Å²) in [6, 6.07) is 27.2. The minimum Gasteiger partial charge on any atom is -0.497 e. The second-order valence-electron chi connectivity index (χ2n) is 11.6. The Bertz CT molecular complexity index is 1580. The molecule has 0 amide bonds. The lowest BCUT2D eigenvalue weighted by Gasteiger charge is -2.40. The molecule has 0 spiro atoms. The maximum absolute atomic E-state index is 11.1. The van der Waals surface area contributed by atoms with Crippen LogP contribution in [0, 0.1) is 12.3 Å². The Kier molecular flexibility index (Phi) is 17.3. The number of ketones is 3. The molecule has 0 bridgehead atoms. The van der Waals surface area contributed by atoms with Gasteiger partial charge in [-0.2, -0.15) is 0 Å². The topological polar surface area (TPSA) is 107 Å². The average Bonchev–Trinajstić information content (AvgIpc) is 3.12. The number of benzene rings is 4. The number of aryl methyl sites for hydroxylation is 1. The fourth-order valence-electron chi connectivity index (χ4n) is 4.51. The molecule has 0 radical (unpaired) electrons. The molecule has 0 aliphatic carbocycles. The Hall–Kier alpha value is -5.15. The van der Waals surface area contributed by atoms with Crippen molar-refractivity contribution in [2.45, 2.75) is 41.0 Å². The third-order valence-electron chi connectivity index (χ3n) is 7.96. The molecule has 5 rings (SSSR count). The van der Waals surface area contributed by atoms with Gasteiger partial charge in [-0.3, -0.25) is 14.4 Å². The Morgan fingerprint density at radius 3 is 1.34 bits per heavy atom. The molecular formula is C41H50O9. The fraction of sp³-hybridized carbons (Fsp3) is 0.341. The van der Waals surface area contributed by atoms with Crippen LogP contribution in [0.1, 0.15) is 70.8 Å². The van der Waals surface area contributed by atoms with Crippen LogP contribution in [0.15, 0.2) is 91.0 Å². The van der Waals surface area contributed by atoms with Crippen LogP contribution < -0.4 is 23.7 Å². The summed E-state index contributed by atoms with van der Waals surface area (Å²) in [6.07, 6.45) is 1.07. The quantitative estimate of drug-likeness (QED) is 0.144. The van der Waals surface area contributed by atoms with E-state index in [-0.39, 0.29) is 22.8 Å². The largest absolute Gasteiger partial charge is 0.497 e. The summed E-state index contributed by atoms with van der Waals surface area (Å²) in [4.78, 5) is 32.8. The van der Waals surface area contributed by atoms with Crippen LogP contribution in [0.2, 0.25) is 0 Å². The van der Waals surface area contributed by atoms with Crippen molar-refractivity contribution in [1.29, 1.82) is 0 Å². The third-order valence-corrected chi connectivity index (χ3v) is 7.96. The van der Waals surface area contributed by atoms with Gasteiger partial charge in [-0.1, -0.05) is 43.3 Å². The van der Waals surface area contributed by atoms with Crippen LogP contribution in [0.4, 0.5) is 0 Å². The van der Waals surface area contributed by atoms with Gasteiger partial charge in [-0.25, -0.2) is 0 Å². The molecule has 50 heavy (non-hydrogen) atoms. The van der Waals surface area contributed by atoms with Gasteiger partial charge in [-0.15, -0.1) is 0 Å². The molecule has 1 aliphatic rings. The lowest BCUT2D eigenvalue weighted by atomic mass is 9.84. The Morgan fingerprint density at radius 1 is 0.600 bits per heavy atom. The Labute approximate surface area is 296 Å². The van der Waals surface area contributed by atoms with Crippen molar-refractivity contribution in [3.05, 3.63) is 113 Å². The first-order chi connectivity index (χ1) is 23.9. The van der Waals surface area contributed by atoms with Crippen LogP contribution in [-0.4, -0.2) is 65.6 Å². The molecule has 4 aromatic carbocycles. The SMILES string of the molecule is CC(=O)c1ccc(C(C)=O)cc1.CCC1(COc2ccc(C(C)=O)cc2)COC1.COc1ccc(OC)c(C)c1.COc1ccccc1OC. The molecule has 0 saturated carbocycles. The van der Waals surface area contributed by atoms with E-state index in [4.69, 9.17) is 28.4 Å². The third kappa shape index (κ3) is 13.0. The molecule has 0 unspecified atom stereocenters. The van der Waals surface area contributed by atoms with Gasteiger partial charge in [0.15, 0.2) is 28.8 Å². The maximum Gasteiger partial charge on any atom is 0.160 e. The maximum atomic E-state index is 11.1. The highest BCUT2D eigenvalue weighted by Crippen LogP contribution is 2.32. The van der Waals surface area contributed by atoms with E-state index in [2.05, 4.69) is 6.92 Å². The number of carbonyl (C=O) groups excluding carboxylic acids is 3. The molecule has 1 saturated heterocycles. The summed E-state index contributed by atoms with van der Waals surface area (Å²) in [5, 5.41) is 0. The van der Waals surface area contributed by atoms with Crippen molar-refractivity contribution >= 4 is 17.3 Å². The number of carbonyl (C=O) groups is 3. The van der Waals surface area contributed by atoms with E-state index in [1.165, 1.54) is 13.8 Å². The second-order valence-corrected chi connectivity index (χ2v) is 11.6. The highest BCUT2D eigenvalue weighted by Gasteiger charge is 2.37. The average molecular weight is 687 g/mol. The second kappa shape index (κ2) is 21.0. The number of ether oxygens (including phenoxy) is 6. The van der Waals surface area contributed by atoms with Gasteiger partial charge in [0, 0.05) is 16.7 Å². The molecule has 9 nitrogen and oxygen atoms in total. The number of Topliss-reactive ketones (excluding diaryl/α,β-unsaturated/α-hetero) is 3. The number of methoxy groups -OCH3 is 4. The fourth-order valence-corrected chi connectivity index (χ4v) is 4.51. The van der Waals surface area contributed by atoms with Gasteiger partial charge >= 0.3 is 0 Å². The normalized spacial score (nSPS) is 12.0. The summed E-state index contributed by atoms with van der Waals surface area (Å²) in [5.74, 6) is 4.23. The summed E-state index contributed by atoms with van der Waals surface area (Å²) in [7, 11) is 6.56. The molecule has 0 aromatic heterocycles. The van der Waals surface area contributed by atoms with Gasteiger partial charge in [0.2, 0.25) is 0 Å². The van der Waals surface area contributed by atoms with Crippen molar-refractivity contribution in [2.75, 3.05) is 48.3 Å². The summed E-state index contributed by atoms with van der Waals surface area (Å²) in [6.45, 7) is 11.0. The van der Waals surface area contributed by atoms with E-state index in [1.54, 1.807) is 71.8 Å². The van der Waals surface area contributed by atoms with Crippen LogP contribution in [0.25, 0.3) is 0 Å². The number of hydrogen-bond donors (Lipinski definition) is 0. The zero-order chi connectivity index (χ0) is 37.1. The molecule has 0 N–H and O–H groups in total. The molecule has 0 atom stereocenters. The molecule has 268 valence electrons. The van der Waals surface area contributed by atoms with Crippen LogP contribution >= 0.6 is 0 Å². The van der Waals surface area contributed by atoms with Gasteiger partial charge in [0.1, 0.15) is 17.2 Å². The monoisotopic (exact) mass is 686 g/mol. The van der Waals surface area contributed by atoms with Gasteiger partial charge in [0.25, 0.3) is 0 Å². The highest BCUT2D eigenvalue weighted by atomic mass is 16.5. The summed E-state index contributed by atoms with van der Waals surface area (Å²) in [5.41, 5.74) is 3.28. The molecule has 4 aromatic rings. The first kappa shape index (κ1) is 41.0. The van der Waals surface area contributed by atoms with E-state index in [1.807, 2.05) is 61.5 Å². The zero-order valence-corrected chi connectivity index (χ0v) is 30.7. The van der Waals surface area contributed by atoms with Crippen molar-refractivity contribution in [1.82, 2.24) is 0 Å². The van der Waals surface area contributed by atoms with E-state index in [0.29, 0.717) is 17.7 Å². The van der Waals surface area contributed by atoms with E-state index in [0.717, 1.165) is 59.5 Å². The van der Waals surface area contributed by atoms with Gasteiger partial charge in [0.05, 0.1) is 53.7 Å².